The Morgan fingerprint density at radius 2 is 2.23 bits per heavy atom. The number of hydrogen-bond acceptors (Lipinski definition) is 3. The van der Waals surface area contributed by atoms with E-state index in [1.807, 2.05) is 18.4 Å². The summed E-state index contributed by atoms with van der Waals surface area (Å²) in [5.41, 5.74) is 0. The van der Waals surface area contributed by atoms with Crippen molar-refractivity contribution < 1.29 is 5.11 Å². The van der Waals surface area contributed by atoms with Crippen molar-refractivity contribution in [3.8, 4) is 5.75 Å². The van der Waals surface area contributed by atoms with Gasteiger partial charge in [-0.3, -0.25) is 0 Å². The first-order chi connectivity index (χ1) is 6.22. The summed E-state index contributed by atoms with van der Waals surface area (Å²) < 4.78 is 2.45. The summed E-state index contributed by atoms with van der Waals surface area (Å²) in [6.45, 7) is 0. The molecule has 1 N–H and O–H groups in total. The third-order valence-corrected chi connectivity index (χ3v) is 4.85. The van der Waals surface area contributed by atoms with Crippen LogP contribution in [0.15, 0.2) is 22.4 Å². The van der Waals surface area contributed by atoms with Gasteiger partial charge in [-0.1, -0.05) is 0 Å². The van der Waals surface area contributed by atoms with Crippen LogP contribution >= 0.6 is 45.7 Å². The van der Waals surface area contributed by atoms with E-state index in [9.17, 15) is 5.11 Å². The second-order valence-corrected chi connectivity index (χ2v) is 5.53. The molecule has 0 bridgehead atoms. The van der Waals surface area contributed by atoms with Crippen molar-refractivity contribution in [2.75, 3.05) is 6.26 Å². The molecule has 4 heteroatoms. The highest BCUT2D eigenvalue weighted by Crippen LogP contribution is 2.36. The van der Waals surface area contributed by atoms with Gasteiger partial charge in [0.25, 0.3) is 0 Å². The van der Waals surface area contributed by atoms with Gasteiger partial charge < -0.3 is 5.11 Å². The molecule has 0 spiro atoms. The molecule has 1 heterocycles. The molecule has 0 radical (unpaired) electrons. The van der Waals surface area contributed by atoms with Crippen molar-refractivity contribution in [2.24, 2.45) is 0 Å². The predicted octanol–water partition coefficient (Wildman–Crippen LogP) is 3.93. The van der Waals surface area contributed by atoms with Crippen molar-refractivity contribution in [3.05, 3.63) is 21.1 Å². The molecule has 0 saturated carbocycles. The average molecular weight is 322 g/mol. The van der Waals surface area contributed by atoms with Crippen LogP contribution in [0.25, 0.3) is 10.1 Å². The maximum Gasteiger partial charge on any atom is 0.129 e. The van der Waals surface area contributed by atoms with Gasteiger partial charge in [-0.05, 0) is 41.0 Å². The van der Waals surface area contributed by atoms with E-state index in [1.165, 1.54) is 8.27 Å². The SMILES string of the molecule is CSc1cc2scc(I)c2cc1O. The summed E-state index contributed by atoms with van der Waals surface area (Å²) in [4.78, 5) is 0.950. The smallest absolute Gasteiger partial charge is 0.129 e. The molecule has 68 valence electrons. The fraction of sp³-hybridized carbons (Fsp3) is 0.111. The van der Waals surface area contributed by atoms with E-state index in [2.05, 4.69) is 28.0 Å². The Kier molecular flexibility index (Phi) is 2.71. The van der Waals surface area contributed by atoms with Crippen LogP contribution in [-0.2, 0) is 0 Å². The minimum absolute atomic E-state index is 0.385. The van der Waals surface area contributed by atoms with Crippen LogP contribution in [0.1, 0.15) is 0 Å². The van der Waals surface area contributed by atoms with Gasteiger partial charge in [-0.2, -0.15) is 0 Å². The molecule has 0 aliphatic carbocycles. The molecule has 0 fully saturated rings. The standard InChI is InChI=1S/C9H7IOS2/c1-12-9-3-8-5(2-7(9)11)6(10)4-13-8/h2-4,11H,1H3. The number of hydrogen-bond donors (Lipinski definition) is 1. The van der Waals surface area contributed by atoms with Crippen LogP contribution in [0.3, 0.4) is 0 Å². The van der Waals surface area contributed by atoms with Gasteiger partial charge in [-0.15, -0.1) is 23.1 Å². The zero-order valence-electron chi connectivity index (χ0n) is 6.87. The van der Waals surface area contributed by atoms with E-state index < -0.39 is 0 Å². The molecular weight excluding hydrogens is 315 g/mol. The number of aromatic hydroxyl groups is 1. The lowest BCUT2D eigenvalue weighted by molar-refractivity contribution is 0.463. The molecule has 2 rings (SSSR count). The van der Waals surface area contributed by atoms with Crippen LogP contribution in [0, 0.1) is 3.57 Å². The summed E-state index contributed by atoms with van der Waals surface area (Å²) in [5.74, 6) is 0.385. The van der Waals surface area contributed by atoms with Gasteiger partial charge in [0.15, 0.2) is 0 Å². The van der Waals surface area contributed by atoms with E-state index in [0.29, 0.717) is 5.75 Å². The maximum atomic E-state index is 9.63. The van der Waals surface area contributed by atoms with Crippen molar-refractivity contribution in [2.45, 2.75) is 4.90 Å². The summed E-state index contributed by atoms with van der Waals surface area (Å²) in [7, 11) is 0. The number of fused-ring (bicyclic) bond motifs is 1. The Morgan fingerprint density at radius 3 is 2.92 bits per heavy atom. The highest BCUT2D eigenvalue weighted by atomic mass is 127. The Labute approximate surface area is 98.3 Å². The summed E-state index contributed by atoms with van der Waals surface area (Å²) >= 11 is 5.58. The fourth-order valence-electron chi connectivity index (χ4n) is 1.18. The average Bonchev–Trinajstić information content (AvgIpc) is 2.47. The number of phenols is 1. The van der Waals surface area contributed by atoms with E-state index >= 15 is 0 Å². The van der Waals surface area contributed by atoms with Crippen LogP contribution in [0.4, 0.5) is 0 Å². The number of phenolic OH excluding ortho intramolecular Hbond substituents is 1. The molecule has 13 heavy (non-hydrogen) atoms. The van der Waals surface area contributed by atoms with Gasteiger partial charge in [0.2, 0.25) is 0 Å². The molecule has 0 amide bonds. The molecule has 1 aromatic heterocycles. The Hall–Kier alpha value is 0.0600. The van der Waals surface area contributed by atoms with Crippen molar-refractivity contribution >= 4 is 55.8 Å². The topological polar surface area (TPSA) is 20.2 Å². The van der Waals surface area contributed by atoms with E-state index in [0.717, 1.165) is 10.3 Å². The quantitative estimate of drug-likeness (QED) is 0.634. The van der Waals surface area contributed by atoms with Crippen LogP contribution in [-0.4, -0.2) is 11.4 Å². The summed E-state index contributed by atoms with van der Waals surface area (Å²) in [5, 5.41) is 12.9. The molecule has 0 unspecified atom stereocenters. The Balaban J connectivity index is 2.76. The van der Waals surface area contributed by atoms with Gasteiger partial charge in [-0.25, -0.2) is 0 Å². The molecule has 1 nitrogen and oxygen atoms in total. The highest BCUT2D eigenvalue weighted by Gasteiger charge is 2.06. The summed E-state index contributed by atoms with van der Waals surface area (Å²) in [6.07, 6.45) is 1.97. The first-order valence-corrected chi connectivity index (χ1v) is 6.84. The number of rotatable bonds is 1. The molecule has 0 saturated heterocycles. The van der Waals surface area contributed by atoms with Gasteiger partial charge in [0.05, 0.1) is 4.90 Å². The van der Waals surface area contributed by atoms with E-state index in [1.54, 1.807) is 23.1 Å². The molecular formula is C9H7IOS2. The molecule has 0 aliphatic heterocycles. The lowest BCUT2D eigenvalue weighted by atomic mass is 10.2. The Bertz CT molecular complexity index is 450. The fourth-order valence-corrected chi connectivity index (χ4v) is 3.60. The minimum atomic E-state index is 0.385. The van der Waals surface area contributed by atoms with Gasteiger partial charge in [0.1, 0.15) is 5.75 Å². The normalized spacial score (nSPS) is 10.9. The zero-order valence-corrected chi connectivity index (χ0v) is 10.7. The number of halogens is 1. The number of benzene rings is 1. The third kappa shape index (κ3) is 1.67. The zero-order chi connectivity index (χ0) is 9.42. The van der Waals surface area contributed by atoms with Gasteiger partial charge >= 0.3 is 0 Å². The minimum Gasteiger partial charge on any atom is -0.507 e. The lowest BCUT2D eigenvalue weighted by Gasteiger charge is -2.00. The van der Waals surface area contributed by atoms with Crippen LogP contribution in [0.2, 0.25) is 0 Å². The Morgan fingerprint density at radius 1 is 1.46 bits per heavy atom. The van der Waals surface area contributed by atoms with E-state index in [4.69, 9.17) is 0 Å². The van der Waals surface area contributed by atoms with Crippen molar-refractivity contribution in [1.82, 2.24) is 0 Å². The van der Waals surface area contributed by atoms with Crippen LogP contribution < -0.4 is 0 Å². The molecule has 0 atom stereocenters. The predicted molar refractivity (Wildman–Crippen MR) is 68.0 cm³/mol. The highest BCUT2D eigenvalue weighted by molar-refractivity contribution is 14.1. The van der Waals surface area contributed by atoms with Crippen LogP contribution in [0.5, 0.6) is 5.75 Å². The second-order valence-electron chi connectivity index (χ2n) is 2.60. The molecule has 2 aromatic rings. The monoisotopic (exact) mass is 322 g/mol. The largest absolute Gasteiger partial charge is 0.507 e. The molecule has 0 aliphatic rings. The lowest BCUT2D eigenvalue weighted by Crippen LogP contribution is -1.73. The first kappa shape index (κ1) is 9.61. The van der Waals surface area contributed by atoms with Crippen molar-refractivity contribution in [3.63, 3.8) is 0 Å². The summed E-state index contributed by atoms with van der Waals surface area (Å²) in [6, 6.07) is 3.89. The molecule has 1 aromatic carbocycles. The van der Waals surface area contributed by atoms with Gasteiger partial charge in [0, 0.05) is 19.0 Å². The first-order valence-electron chi connectivity index (χ1n) is 3.66. The maximum absolute atomic E-state index is 9.63. The third-order valence-electron chi connectivity index (χ3n) is 1.83. The number of thioether (sulfide) groups is 1. The van der Waals surface area contributed by atoms with Crippen molar-refractivity contribution in [1.29, 1.82) is 0 Å². The van der Waals surface area contributed by atoms with E-state index in [-0.39, 0.29) is 0 Å². The second kappa shape index (κ2) is 3.67. The number of thiophene rings is 1.